The predicted molar refractivity (Wildman–Crippen MR) is 99.7 cm³/mol. The van der Waals surface area contributed by atoms with Gasteiger partial charge in [0.15, 0.2) is 0 Å². The van der Waals surface area contributed by atoms with E-state index in [2.05, 4.69) is 68.3 Å². The fraction of sp³-hybridized carbons (Fsp3) is 0.421. The van der Waals surface area contributed by atoms with Crippen LogP contribution >= 0.6 is 0 Å². The van der Waals surface area contributed by atoms with Crippen LogP contribution in [0.3, 0.4) is 0 Å². The molecule has 0 bridgehead atoms. The molecule has 0 atom stereocenters. The fourth-order valence-electron chi connectivity index (χ4n) is 2.79. The first kappa shape index (κ1) is 17.1. The number of rotatable bonds is 4. The highest BCUT2D eigenvalue weighted by atomic mass is 16.7. The largest absolute Gasteiger partial charge is 0.491 e. The van der Waals surface area contributed by atoms with E-state index in [9.17, 15) is 0 Å². The van der Waals surface area contributed by atoms with Crippen molar-refractivity contribution in [1.82, 2.24) is 10.3 Å². The molecule has 126 valence electrons. The van der Waals surface area contributed by atoms with Gasteiger partial charge in [0.05, 0.1) is 16.7 Å². The van der Waals surface area contributed by atoms with Gasteiger partial charge in [-0.05, 0) is 57.9 Å². The van der Waals surface area contributed by atoms with Crippen LogP contribution in [-0.4, -0.2) is 36.9 Å². The Hall–Kier alpha value is -1.69. The summed E-state index contributed by atoms with van der Waals surface area (Å²) >= 11 is 0. The summed E-state index contributed by atoms with van der Waals surface area (Å²) in [7, 11) is 1.59. The molecule has 1 aromatic heterocycles. The normalized spacial score (nSPS) is 19.9. The average molecular weight is 324 g/mol. The minimum absolute atomic E-state index is 0.338. The predicted octanol–water partition coefficient (Wildman–Crippen LogP) is 3.47. The van der Waals surface area contributed by atoms with E-state index < -0.39 is 0 Å². The van der Waals surface area contributed by atoms with Crippen LogP contribution in [0.25, 0.3) is 17.0 Å². The third-order valence-corrected chi connectivity index (χ3v) is 4.92. The fourth-order valence-corrected chi connectivity index (χ4v) is 2.79. The van der Waals surface area contributed by atoms with Crippen LogP contribution < -0.4 is 5.32 Å². The van der Waals surface area contributed by atoms with Crippen LogP contribution in [0.15, 0.2) is 42.0 Å². The first-order valence-corrected chi connectivity index (χ1v) is 8.38. The topological polar surface area (TPSA) is 43.4 Å². The summed E-state index contributed by atoms with van der Waals surface area (Å²) in [6.07, 6.45) is 3.95. The van der Waals surface area contributed by atoms with Crippen molar-refractivity contribution in [2.45, 2.75) is 38.9 Å². The van der Waals surface area contributed by atoms with Gasteiger partial charge in [-0.15, -0.1) is 0 Å². The highest BCUT2D eigenvalue weighted by Gasteiger charge is 2.52. The lowest BCUT2D eigenvalue weighted by atomic mass is 9.77. The summed E-state index contributed by atoms with van der Waals surface area (Å²) in [6, 6.07) is 10.3. The first-order chi connectivity index (χ1) is 11.3. The number of likely N-dealkylation sites (N-methyl/N-ethyl adjacent to an activating group) is 1. The summed E-state index contributed by atoms with van der Waals surface area (Å²) < 4.78 is 12.4. The highest BCUT2D eigenvalue weighted by molar-refractivity contribution is 6.55. The van der Waals surface area contributed by atoms with Crippen molar-refractivity contribution in [1.29, 1.82) is 0 Å². The minimum Gasteiger partial charge on any atom is -0.400 e. The van der Waals surface area contributed by atoms with Gasteiger partial charge in [0.1, 0.15) is 0 Å². The number of nitrogens with one attached hydrogen (secondary N) is 1. The molecular weight excluding hydrogens is 299 g/mol. The molecule has 1 saturated heterocycles. The van der Waals surface area contributed by atoms with E-state index in [4.69, 9.17) is 9.31 Å². The maximum Gasteiger partial charge on any atom is 0.491 e. The zero-order valence-electron chi connectivity index (χ0n) is 15.1. The molecule has 0 aliphatic carbocycles. The molecule has 1 N–H and O–H groups in total. The number of aromatic nitrogens is 1. The van der Waals surface area contributed by atoms with Crippen LogP contribution in [0.1, 0.15) is 33.3 Å². The molecule has 0 radical (unpaired) electrons. The van der Waals surface area contributed by atoms with Crippen LogP contribution in [-0.2, 0) is 9.31 Å². The number of benzene rings is 1. The third-order valence-electron chi connectivity index (χ3n) is 4.92. The summed E-state index contributed by atoms with van der Waals surface area (Å²) in [5.41, 5.74) is 2.49. The molecule has 3 rings (SSSR count). The van der Waals surface area contributed by atoms with Gasteiger partial charge in [0.25, 0.3) is 0 Å². The van der Waals surface area contributed by atoms with Crippen molar-refractivity contribution >= 4 is 24.1 Å². The summed E-state index contributed by atoms with van der Waals surface area (Å²) in [5.74, 6) is 0. The molecule has 1 aromatic carbocycles. The minimum atomic E-state index is -0.345. The Morgan fingerprint density at radius 1 is 1.17 bits per heavy atom. The Bertz CT molecular complexity index is 755. The standard InChI is InChI=1S/C19H25BN2O2/c1-18(2)19(3,4)24-20(23-18)16(13-21-5)11-14-8-9-15-7-6-10-22-17(15)12-14/h6-12,21H,13H2,1-5H3. The van der Waals surface area contributed by atoms with E-state index in [1.165, 1.54) is 0 Å². The molecule has 24 heavy (non-hydrogen) atoms. The second-order valence-corrected chi connectivity index (χ2v) is 7.29. The molecule has 0 saturated carbocycles. The lowest BCUT2D eigenvalue weighted by Gasteiger charge is -2.32. The Labute approximate surface area is 144 Å². The number of pyridine rings is 1. The molecule has 1 aliphatic heterocycles. The van der Waals surface area contributed by atoms with Crippen LogP contribution in [0.5, 0.6) is 0 Å². The number of hydrogen-bond donors (Lipinski definition) is 1. The quantitative estimate of drug-likeness (QED) is 0.875. The molecule has 2 aromatic rings. The monoisotopic (exact) mass is 324 g/mol. The Morgan fingerprint density at radius 3 is 2.54 bits per heavy atom. The van der Waals surface area contributed by atoms with Gasteiger partial charge >= 0.3 is 7.12 Å². The molecule has 1 aliphatic rings. The van der Waals surface area contributed by atoms with E-state index in [0.29, 0.717) is 6.54 Å². The van der Waals surface area contributed by atoms with Crippen molar-refractivity contribution in [2.24, 2.45) is 0 Å². The molecule has 1 fully saturated rings. The maximum absolute atomic E-state index is 6.19. The average Bonchev–Trinajstić information content (AvgIpc) is 2.75. The number of fused-ring (bicyclic) bond motifs is 1. The van der Waals surface area contributed by atoms with Crippen LogP contribution in [0.2, 0.25) is 0 Å². The number of nitrogens with zero attached hydrogens (tertiary/aromatic N) is 1. The molecule has 0 amide bonds. The first-order valence-electron chi connectivity index (χ1n) is 8.38. The summed E-state index contributed by atoms with van der Waals surface area (Å²) in [6.45, 7) is 9.00. The van der Waals surface area contributed by atoms with Crippen LogP contribution in [0.4, 0.5) is 0 Å². The SMILES string of the molecule is CNCC(=Cc1ccc2cccnc2c1)B1OC(C)(C)C(C)(C)O1. The van der Waals surface area contributed by atoms with Crippen molar-refractivity contribution in [3.8, 4) is 0 Å². The van der Waals surface area contributed by atoms with Gasteiger partial charge in [-0.3, -0.25) is 4.98 Å². The molecule has 4 nitrogen and oxygen atoms in total. The molecule has 0 unspecified atom stereocenters. The Kier molecular flexibility index (Phi) is 4.51. The van der Waals surface area contributed by atoms with Crippen molar-refractivity contribution in [3.63, 3.8) is 0 Å². The van der Waals surface area contributed by atoms with E-state index >= 15 is 0 Å². The van der Waals surface area contributed by atoms with Gasteiger partial charge in [-0.25, -0.2) is 0 Å². The third kappa shape index (κ3) is 3.25. The van der Waals surface area contributed by atoms with E-state index in [-0.39, 0.29) is 18.3 Å². The number of hydrogen-bond acceptors (Lipinski definition) is 4. The second kappa shape index (κ2) is 6.32. The van der Waals surface area contributed by atoms with Gasteiger partial charge in [-0.1, -0.05) is 24.3 Å². The lowest BCUT2D eigenvalue weighted by molar-refractivity contribution is 0.00578. The van der Waals surface area contributed by atoms with Gasteiger partial charge in [-0.2, -0.15) is 0 Å². The zero-order valence-corrected chi connectivity index (χ0v) is 15.1. The van der Waals surface area contributed by atoms with E-state index in [1.54, 1.807) is 0 Å². The molecule has 2 heterocycles. The maximum atomic E-state index is 6.19. The van der Waals surface area contributed by atoms with Crippen molar-refractivity contribution < 1.29 is 9.31 Å². The van der Waals surface area contributed by atoms with Crippen molar-refractivity contribution in [3.05, 3.63) is 47.6 Å². The molecular formula is C19H25BN2O2. The van der Waals surface area contributed by atoms with E-state index in [1.807, 2.05) is 19.3 Å². The van der Waals surface area contributed by atoms with Crippen molar-refractivity contribution in [2.75, 3.05) is 13.6 Å². The van der Waals surface area contributed by atoms with Gasteiger partial charge < -0.3 is 14.6 Å². The molecule has 5 heteroatoms. The lowest BCUT2D eigenvalue weighted by Crippen LogP contribution is -2.41. The molecule has 0 spiro atoms. The van der Waals surface area contributed by atoms with Crippen LogP contribution in [0, 0.1) is 0 Å². The smallest absolute Gasteiger partial charge is 0.400 e. The summed E-state index contributed by atoms with van der Waals surface area (Å²) in [4.78, 5) is 4.43. The Morgan fingerprint density at radius 2 is 1.88 bits per heavy atom. The summed E-state index contributed by atoms with van der Waals surface area (Å²) in [5, 5.41) is 4.35. The van der Waals surface area contributed by atoms with Gasteiger partial charge in [0, 0.05) is 18.1 Å². The van der Waals surface area contributed by atoms with E-state index in [0.717, 1.165) is 21.9 Å². The Balaban J connectivity index is 1.93. The highest BCUT2D eigenvalue weighted by Crippen LogP contribution is 2.38. The zero-order chi connectivity index (χ0) is 17.4. The second-order valence-electron chi connectivity index (χ2n) is 7.29. The van der Waals surface area contributed by atoms with Gasteiger partial charge in [0.2, 0.25) is 0 Å².